The second-order valence-electron chi connectivity index (χ2n) is 17.1. The highest BCUT2D eigenvalue weighted by Crippen LogP contribution is 2.26. The molecule has 0 fully saturated rings. The summed E-state index contributed by atoms with van der Waals surface area (Å²) in [7, 11) is 0. The summed E-state index contributed by atoms with van der Waals surface area (Å²) >= 11 is 0. The van der Waals surface area contributed by atoms with E-state index in [1.807, 2.05) is 9.80 Å². The first kappa shape index (κ1) is 51.9. The Labute approximate surface area is 364 Å². The van der Waals surface area contributed by atoms with Gasteiger partial charge in [-0.05, 0) is 91.8 Å². The normalized spacial score (nSPS) is 13.6. The van der Waals surface area contributed by atoms with E-state index in [4.69, 9.17) is 5.73 Å². The number of carbonyl (C=O) groups is 4. The molecule has 2 aromatic carbocycles. The van der Waals surface area contributed by atoms with Gasteiger partial charge in [0.2, 0.25) is 0 Å². The van der Waals surface area contributed by atoms with Gasteiger partial charge in [0.25, 0.3) is 17.7 Å². The predicted molar refractivity (Wildman–Crippen MR) is 253 cm³/mol. The lowest BCUT2D eigenvalue weighted by Crippen LogP contribution is -2.40. The number of nitrogens with two attached hydrogens (primary N) is 1. The third kappa shape index (κ3) is 18.2. The molecule has 0 bridgehead atoms. The Morgan fingerprint density at radius 3 is 1.25 bits per heavy atom. The van der Waals surface area contributed by atoms with E-state index in [9.17, 15) is 19.2 Å². The summed E-state index contributed by atoms with van der Waals surface area (Å²) in [6.07, 6.45) is 17.0. The van der Waals surface area contributed by atoms with E-state index >= 15 is 0 Å². The van der Waals surface area contributed by atoms with E-state index in [1.54, 1.807) is 42.5 Å². The molecule has 3 amide bonds. The van der Waals surface area contributed by atoms with Gasteiger partial charge >= 0.3 is 0 Å². The van der Waals surface area contributed by atoms with Crippen molar-refractivity contribution in [3.05, 3.63) is 53.6 Å². The maximum absolute atomic E-state index is 15.0. The minimum absolute atomic E-state index is 0.121. The Bertz CT molecular complexity index is 1500. The quantitative estimate of drug-likeness (QED) is 0.0299. The van der Waals surface area contributed by atoms with Crippen molar-refractivity contribution in [3.63, 3.8) is 0 Å². The number of carbonyl (C=O) groups excluding carboxylic acids is 4. The molecule has 4 N–H and O–H groups in total. The summed E-state index contributed by atoms with van der Waals surface area (Å²) in [4.78, 5) is 60.2. The number of amides is 3. The lowest BCUT2D eigenvalue weighted by Gasteiger charge is -2.32. The van der Waals surface area contributed by atoms with Crippen LogP contribution in [-0.4, -0.2) is 65.2 Å². The van der Waals surface area contributed by atoms with E-state index in [-0.39, 0.29) is 17.5 Å². The summed E-state index contributed by atoms with van der Waals surface area (Å²) in [5, 5.41) is 7.03. The number of nitrogen functional groups attached to an aromatic ring is 1. The maximum atomic E-state index is 15.0. The SMILES string of the molecule is CCCCC(CC)CN(CC(CC)CCCC)C(=O)c1cc(N/N=C(/C(C)=O)C(=O)Nc2ccc(N)cc2)cc(C(=O)N(CC(CC)CCCC)CC(CC)CCCC)c1. The van der Waals surface area contributed by atoms with Gasteiger partial charge in [-0.25, -0.2) is 0 Å². The molecule has 336 valence electrons. The van der Waals surface area contributed by atoms with Crippen LogP contribution in [0.15, 0.2) is 47.6 Å². The van der Waals surface area contributed by atoms with Crippen molar-refractivity contribution in [1.29, 1.82) is 0 Å². The molecule has 10 heteroatoms. The fraction of sp³-hybridized carbons (Fsp3) is 0.660. The summed E-state index contributed by atoms with van der Waals surface area (Å²) in [5.41, 5.74) is 10.6. The number of hydrazone groups is 1. The van der Waals surface area contributed by atoms with Crippen LogP contribution in [0.2, 0.25) is 0 Å². The lowest BCUT2D eigenvalue weighted by atomic mass is 9.94. The van der Waals surface area contributed by atoms with Crippen LogP contribution >= 0.6 is 0 Å². The number of Topliss-reactive ketones (excluding diaryl/α,β-unsaturated/α-hetero) is 1. The van der Waals surface area contributed by atoms with E-state index in [0.29, 0.717) is 78.0 Å². The Morgan fingerprint density at radius 2 is 0.933 bits per heavy atom. The van der Waals surface area contributed by atoms with Crippen LogP contribution in [0, 0.1) is 23.7 Å². The molecule has 0 saturated carbocycles. The van der Waals surface area contributed by atoms with Crippen LogP contribution in [0.1, 0.15) is 186 Å². The van der Waals surface area contributed by atoms with Crippen molar-refractivity contribution in [3.8, 4) is 0 Å². The van der Waals surface area contributed by atoms with Gasteiger partial charge in [-0.2, -0.15) is 5.10 Å². The van der Waals surface area contributed by atoms with Crippen molar-refractivity contribution >= 4 is 46.3 Å². The fourth-order valence-electron chi connectivity index (χ4n) is 7.87. The topological polar surface area (TPSA) is 137 Å². The van der Waals surface area contributed by atoms with Gasteiger partial charge in [0, 0.05) is 55.6 Å². The highest BCUT2D eigenvalue weighted by Gasteiger charge is 2.27. The first-order chi connectivity index (χ1) is 28.9. The second kappa shape index (κ2) is 29.1. The van der Waals surface area contributed by atoms with Crippen molar-refractivity contribution in [1.82, 2.24) is 9.80 Å². The van der Waals surface area contributed by atoms with Crippen LogP contribution in [0.5, 0.6) is 0 Å². The molecular weight excluding hydrogens is 749 g/mol. The fourth-order valence-corrected chi connectivity index (χ4v) is 7.87. The molecular formula is C50H82N6O4. The molecule has 0 aliphatic rings. The van der Waals surface area contributed by atoms with E-state index in [1.165, 1.54) is 6.92 Å². The minimum Gasteiger partial charge on any atom is -0.399 e. The van der Waals surface area contributed by atoms with Gasteiger partial charge in [0.1, 0.15) is 0 Å². The number of rotatable bonds is 31. The Hall–Kier alpha value is -4.21. The zero-order valence-electron chi connectivity index (χ0n) is 39.0. The molecule has 0 heterocycles. The standard InChI is InChI=1S/C50H82N6O4/c1-10-18-22-38(14-5)33-55(34-39(15-6)23-19-11-2)49(59)42-30-43(50(60)56(35-40(16-7)24-20-12-3)36-41(17-8)25-21-13-4)32-46(31-42)53-54-47(37(9)57)48(58)52-45-28-26-44(51)27-29-45/h26-32,38-41,53H,10-25,33-36,51H2,1-9H3,(H,52,58)/b54-47-. The number of ketones is 1. The molecule has 0 aromatic heterocycles. The monoisotopic (exact) mass is 831 g/mol. The van der Waals surface area contributed by atoms with Crippen LogP contribution < -0.4 is 16.5 Å². The molecule has 0 aliphatic heterocycles. The van der Waals surface area contributed by atoms with Crippen LogP contribution in [-0.2, 0) is 9.59 Å². The third-order valence-electron chi connectivity index (χ3n) is 12.1. The zero-order chi connectivity index (χ0) is 44.5. The smallest absolute Gasteiger partial charge is 0.279 e. The van der Waals surface area contributed by atoms with Gasteiger partial charge in [-0.15, -0.1) is 0 Å². The van der Waals surface area contributed by atoms with Crippen molar-refractivity contribution in [2.24, 2.45) is 28.8 Å². The molecule has 0 saturated heterocycles. The van der Waals surface area contributed by atoms with Crippen molar-refractivity contribution in [2.75, 3.05) is 42.7 Å². The zero-order valence-corrected chi connectivity index (χ0v) is 39.0. The van der Waals surface area contributed by atoms with Gasteiger partial charge in [-0.3, -0.25) is 24.6 Å². The molecule has 0 spiro atoms. The van der Waals surface area contributed by atoms with Crippen LogP contribution in [0.25, 0.3) is 0 Å². The van der Waals surface area contributed by atoms with Gasteiger partial charge in [0.05, 0.1) is 5.69 Å². The van der Waals surface area contributed by atoms with Crippen LogP contribution in [0.4, 0.5) is 17.1 Å². The molecule has 60 heavy (non-hydrogen) atoms. The van der Waals surface area contributed by atoms with E-state index in [2.05, 4.69) is 71.2 Å². The number of unbranched alkanes of at least 4 members (excludes halogenated alkanes) is 4. The Morgan fingerprint density at radius 1 is 0.567 bits per heavy atom. The first-order valence-electron chi connectivity index (χ1n) is 23.6. The molecule has 2 rings (SSSR count). The van der Waals surface area contributed by atoms with Crippen LogP contribution in [0.3, 0.4) is 0 Å². The molecule has 2 aromatic rings. The second-order valence-corrected chi connectivity index (χ2v) is 17.1. The first-order valence-corrected chi connectivity index (χ1v) is 23.6. The third-order valence-corrected chi connectivity index (χ3v) is 12.1. The number of anilines is 3. The highest BCUT2D eigenvalue weighted by atomic mass is 16.2. The number of nitrogens with zero attached hydrogens (tertiary/aromatic N) is 3. The number of benzene rings is 2. The van der Waals surface area contributed by atoms with Crippen molar-refractivity contribution in [2.45, 2.75) is 165 Å². The Balaban J connectivity index is 2.78. The summed E-state index contributed by atoms with van der Waals surface area (Å²) in [5.74, 6) is -0.0214. The van der Waals surface area contributed by atoms with E-state index < -0.39 is 11.7 Å². The highest BCUT2D eigenvalue weighted by molar-refractivity contribution is 6.67. The summed E-state index contributed by atoms with van der Waals surface area (Å²) < 4.78 is 0. The van der Waals surface area contributed by atoms with Gasteiger partial charge < -0.3 is 20.9 Å². The largest absolute Gasteiger partial charge is 0.399 e. The van der Waals surface area contributed by atoms with Gasteiger partial charge in [-0.1, -0.05) is 132 Å². The number of hydrogen-bond donors (Lipinski definition) is 3. The maximum Gasteiger partial charge on any atom is 0.279 e. The Kier molecular flexibility index (Phi) is 25.2. The molecule has 4 atom stereocenters. The van der Waals surface area contributed by atoms with Crippen molar-refractivity contribution < 1.29 is 19.2 Å². The van der Waals surface area contributed by atoms with E-state index in [0.717, 1.165) is 103 Å². The summed E-state index contributed by atoms with van der Waals surface area (Å²) in [6.45, 7) is 21.5. The average Bonchev–Trinajstić information content (AvgIpc) is 3.25. The molecule has 10 nitrogen and oxygen atoms in total. The lowest BCUT2D eigenvalue weighted by molar-refractivity contribution is -0.114. The number of nitrogens with one attached hydrogen (secondary N) is 2. The number of hydrogen-bond acceptors (Lipinski definition) is 7. The molecule has 0 aliphatic carbocycles. The molecule has 0 radical (unpaired) electrons. The van der Waals surface area contributed by atoms with Gasteiger partial charge in [0.15, 0.2) is 11.5 Å². The minimum atomic E-state index is -0.689. The molecule has 4 unspecified atom stereocenters. The predicted octanol–water partition coefficient (Wildman–Crippen LogP) is 12.0. The summed E-state index contributed by atoms with van der Waals surface area (Å²) in [6, 6.07) is 11.8. The average molecular weight is 831 g/mol.